The fourth-order valence-electron chi connectivity index (χ4n) is 1.57. The second-order valence-electron chi connectivity index (χ2n) is 4.25. The third kappa shape index (κ3) is 3.26. The minimum absolute atomic E-state index is 0.260. The van der Waals surface area contributed by atoms with Crippen LogP contribution in [0.25, 0.3) is 0 Å². The first-order chi connectivity index (χ1) is 7.54. The van der Waals surface area contributed by atoms with E-state index in [1.807, 2.05) is 50.1 Å². The molecular weight excluding hydrogens is 200 g/mol. The lowest BCUT2D eigenvalue weighted by molar-refractivity contribution is 0.412. The monoisotopic (exact) mass is 220 g/mol. The number of amidine groups is 1. The minimum atomic E-state index is 0.260. The highest BCUT2D eigenvalue weighted by Gasteiger charge is 2.09. The van der Waals surface area contributed by atoms with Gasteiger partial charge in [-0.1, -0.05) is 26.0 Å². The van der Waals surface area contributed by atoms with Gasteiger partial charge in [0, 0.05) is 19.5 Å². The molecule has 1 aromatic rings. The van der Waals surface area contributed by atoms with E-state index in [1.165, 1.54) is 0 Å². The lowest BCUT2D eigenvalue weighted by Crippen LogP contribution is -2.29. The molecule has 0 aliphatic heterocycles. The first-order valence-corrected chi connectivity index (χ1v) is 5.47. The molecule has 0 saturated heterocycles. The van der Waals surface area contributed by atoms with Crippen molar-refractivity contribution >= 4 is 5.84 Å². The molecule has 88 valence electrons. The van der Waals surface area contributed by atoms with Gasteiger partial charge in [-0.25, -0.2) is 0 Å². The van der Waals surface area contributed by atoms with Gasteiger partial charge in [-0.2, -0.15) is 0 Å². The van der Waals surface area contributed by atoms with Crippen molar-refractivity contribution in [2.45, 2.75) is 20.4 Å². The van der Waals surface area contributed by atoms with Crippen LogP contribution in [0.1, 0.15) is 19.4 Å². The number of nitrogens with zero attached hydrogens (tertiary/aromatic N) is 1. The number of hydrogen-bond acceptors (Lipinski definition) is 2. The van der Waals surface area contributed by atoms with E-state index in [-0.39, 0.29) is 5.92 Å². The van der Waals surface area contributed by atoms with Crippen LogP contribution in [0.3, 0.4) is 0 Å². The molecule has 1 aromatic carbocycles. The maximum absolute atomic E-state index is 7.89. The van der Waals surface area contributed by atoms with E-state index in [4.69, 9.17) is 10.1 Å². The average Bonchev–Trinajstić information content (AvgIpc) is 2.28. The van der Waals surface area contributed by atoms with E-state index in [2.05, 4.69) is 0 Å². The summed E-state index contributed by atoms with van der Waals surface area (Å²) < 4.78 is 5.17. The molecule has 0 aromatic heterocycles. The normalized spacial score (nSPS) is 10.3. The number of methoxy groups -OCH3 is 1. The van der Waals surface area contributed by atoms with Gasteiger partial charge >= 0.3 is 0 Å². The highest BCUT2D eigenvalue weighted by Crippen LogP contribution is 2.14. The molecule has 1 rings (SSSR count). The van der Waals surface area contributed by atoms with Crippen LogP contribution in [0, 0.1) is 11.3 Å². The topological polar surface area (TPSA) is 36.3 Å². The Labute approximate surface area is 97.5 Å². The molecule has 0 spiro atoms. The van der Waals surface area contributed by atoms with Crippen molar-refractivity contribution in [3.8, 4) is 5.75 Å². The molecule has 0 bridgehead atoms. The van der Waals surface area contributed by atoms with Crippen LogP contribution in [-0.2, 0) is 6.54 Å². The standard InChI is InChI=1S/C13H20N2O/c1-10(2)13(14)15(3)9-11-6-5-7-12(8-11)16-4/h5-8,10,14H,9H2,1-4H3. The van der Waals surface area contributed by atoms with Crippen molar-refractivity contribution in [2.24, 2.45) is 5.92 Å². The average molecular weight is 220 g/mol. The van der Waals surface area contributed by atoms with Crippen LogP contribution in [0.15, 0.2) is 24.3 Å². The fourth-order valence-corrected chi connectivity index (χ4v) is 1.57. The molecule has 0 unspecified atom stereocenters. The number of ether oxygens (including phenoxy) is 1. The molecule has 0 atom stereocenters. The molecule has 0 saturated carbocycles. The van der Waals surface area contributed by atoms with Gasteiger partial charge < -0.3 is 9.64 Å². The van der Waals surface area contributed by atoms with E-state index < -0.39 is 0 Å². The van der Waals surface area contributed by atoms with E-state index in [1.54, 1.807) is 7.11 Å². The van der Waals surface area contributed by atoms with Gasteiger partial charge in [-0.3, -0.25) is 5.41 Å². The third-order valence-electron chi connectivity index (χ3n) is 2.51. The van der Waals surface area contributed by atoms with Crippen molar-refractivity contribution in [1.82, 2.24) is 4.90 Å². The van der Waals surface area contributed by atoms with E-state index >= 15 is 0 Å². The quantitative estimate of drug-likeness (QED) is 0.625. The van der Waals surface area contributed by atoms with Crippen LogP contribution < -0.4 is 4.74 Å². The summed E-state index contributed by atoms with van der Waals surface area (Å²) in [7, 11) is 3.61. The number of hydrogen-bond donors (Lipinski definition) is 1. The highest BCUT2D eigenvalue weighted by molar-refractivity contribution is 5.80. The number of rotatable bonds is 4. The molecule has 0 fully saturated rings. The molecule has 3 nitrogen and oxygen atoms in total. The van der Waals surface area contributed by atoms with E-state index in [0.29, 0.717) is 5.84 Å². The van der Waals surface area contributed by atoms with Crippen LogP contribution >= 0.6 is 0 Å². The Hall–Kier alpha value is -1.51. The Kier molecular flexibility index (Phi) is 4.35. The molecule has 0 amide bonds. The van der Waals surface area contributed by atoms with Crippen molar-refractivity contribution < 1.29 is 4.74 Å². The summed E-state index contributed by atoms with van der Waals surface area (Å²) in [5.41, 5.74) is 1.16. The van der Waals surface area contributed by atoms with Crippen molar-refractivity contribution in [1.29, 1.82) is 5.41 Å². The third-order valence-corrected chi connectivity index (χ3v) is 2.51. The lowest BCUT2D eigenvalue weighted by Gasteiger charge is -2.22. The Morgan fingerprint density at radius 3 is 2.69 bits per heavy atom. The molecule has 0 radical (unpaired) electrons. The molecule has 16 heavy (non-hydrogen) atoms. The van der Waals surface area contributed by atoms with E-state index in [9.17, 15) is 0 Å². The predicted octanol–water partition coefficient (Wildman–Crippen LogP) is 2.76. The molecule has 3 heteroatoms. The first kappa shape index (κ1) is 12.6. The fraction of sp³-hybridized carbons (Fsp3) is 0.462. The van der Waals surface area contributed by atoms with Crippen LogP contribution in [0.4, 0.5) is 0 Å². The first-order valence-electron chi connectivity index (χ1n) is 5.47. The van der Waals surface area contributed by atoms with Crippen LogP contribution in [-0.4, -0.2) is 24.9 Å². The Morgan fingerprint density at radius 2 is 2.12 bits per heavy atom. The highest BCUT2D eigenvalue weighted by atomic mass is 16.5. The van der Waals surface area contributed by atoms with Gasteiger partial charge in [-0.15, -0.1) is 0 Å². The van der Waals surface area contributed by atoms with Crippen LogP contribution in [0.5, 0.6) is 5.75 Å². The molecule has 0 aliphatic carbocycles. The Morgan fingerprint density at radius 1 is 1.44 bits per heavy atom. The van der Waals surface area contributed by atoms with E-state index in [0.717, 1.165) is 17.9 Å². The number of nitrogens with one attached hydrogen (secondary N) is 1. The maximum atomic E-state index is 7.89. The zero-order valence-corrected chi connectivity index (χ0v) is 10.4. The van der Waals surface area contributed by atoms with Gasteiger partial charge in [0.25, 0.3) is 0 Å². The van der Waals surface area contributed by atoms with Gasteiger partial charge in [-0.05, 0) is 17.7 Å². The second-order valence-corrected chi connectivity index (χ2v) is 4.25. The summed E-state index contributed by atoms with van der Waals surface area (Å²) >= 11 is 0. The largest absolute Gasteiger partial charge is 0.497 e. The summed E-state index contributed by atoms with van der Waals surface area (Å²) in [6, 6.07) is 7.95. The zero-order valence-electron chi connectivity index (χ0n) is 10.4. The van der Waals surface area contributed by atoms with Crippen molar-refractivity contribution in [3.63, 3.8) is 0 Å². The van der Waals surface area contributed by atoms with Crippen molar-refractivity contribution in [3.05, 3.63) is 29.8 Å². The van der Waals surface area contributed by atoms with Crippen molar-refractivity contribution in [2.75, 3.05) is 14.2 Å². The summed E-state index contributed by atoms with van der Waals surface area (Å²) in [6.45, 7) is 4.81. The van der Waals surface area contributed by atoms with Gasteiger partial charge in [0.2, 0.25) is 0 Å². The Balaban J connectivity index is 2.69. The van der Waals surface area contributed by atoms with Crippen LogP contribution in [0.2, 0.25) is 0 Å². The molecule has 0 aliphatic rings. The summed E-state index contributed by atoms with van der Waals surface area (Å²) in [5.74, 6) is 1.78. The molecular formula is C13H20N2O. The summed E-state index contributed by atoms with van der Waals surface area (Å²) in [5, 5.41) is 7.89. The van der Waals surface area contributed by atoms with Gasteiger partial charge in [0.05, 0.1) is 12.9 Å². The molecule has 0 heterocycles. The maximum Gasteiger partial charge on any atom is 0.119 e. The summed E-state index contributed by atoms with van der Waals surface area (Å²) in [4.78, 5) is 1.96. The van der Waals surface area contributed by atoms with Gasteiger partial charge in [0.15, 0.2) is 0 Å². The SMILES string of the molecule is COc1cccc(CN(C)C(=N)C(C)C)c1. The Bertz CT molecular complexity index is 361. The summed E-state index contributed by atoms with van der Waals surface area (Å²) in [6.07, 6.45) is 0. The lowest BCUT2D eigenvalue weighted by atomic mass is 10.1. The predicted molar refractivity (Wildman–Crippen MR) is 67.0 cm³/mol. The smallest absolute Gasteiger partial charge is 0.119 e. The number of benzene rings is 1. The van der Waals surface area contributed by atoms with Gasteiger partial charge in [0.1, 0.15) is 5.75 Å². The zero-order chi connectivity index (χ0) is 12.1. The minimum Gasteiger partial charge on any atom is -0.497 e. The second kappa shape index (κ2) is 5.54. The molecule has 1 N–H and O–H groups in total.